The van der Waals surface area contributed by atoms with E-state index in [0.29, 0.717) is 48.2 Å². The Bertz CT molecular complexity index is 1220. The van der Waals surface area contributed by atoms with Crippen molar-refractivity contribution in [3.63, 3.8) is 0 Å². The van der Waals surface area contributed by atoms with Gasteiger partial charge in [-0.2, -0.15) is 0 Å². The van der Waals surface area contributed by atoms with Crippen molar-refractivity contribution in [2.45, 2.75) is 0 Å². The number of hydrogen-bond donors (Lipinski definition) is 0. The summed E-state index contributed by atoms with van der Waals surface area (Å²) in [7, 11) is 0. The highest BCUT2D eigenvalue weighted by Crippen LogP contribution is 2.37. The Morgan fingerprint density at radius 3 is 2.43 bits per heavy atom. The van der Waals surface area contributed by atoms with Crippen LogP contribution in [-0.4, -0.2) is 26.3 Å². The van der Waals surface area contributed by atoms with Crippen molar-refractivity contribution < 1.29 is 9.15 Å². The molecule has 1 aliphatic rings. The standard InChI is InChI=1S/C23H18ClNO3/c24-17-7-5-15(6-8-17)22-18-4-2-1-3-16(18)13-19-20(26)14-21(28-23(19)22)25-9-11-27-12-10-25/h1-8,13-14H,9-12H2. The van der Waals surface area contributed by atoms with Gasteiger partial charge in [-0.05, 0) is 34.5 Å². The second-order valence-corrected chi connectivity index (χ2v) is 7.34. The summed E-state index contributed by atoms with van der Waals surface area (Å²) in [5.74, 6) is 0.589. The summed E-state index contributed by atoms with van der Waals surface area (Å²) >= 11 is 6.10. The molecule has 4 aromatic rings. The van der Waals surface area contributed by atoms with Gasteiger partial charge >= 0.3 is 0 Å². The molecule has 1 aromatic heterocycles. The van der Waals surface area contributed by atoms with Crippen molar-refractivity contribution >= 4 is 39.2 Å². The number of halogens is 1. The molecule has 0 N–H and O–H groups in total. The van der Waals surface area contributed by atoms with Gasteiger partial charge in [0.1, 0.15) is 5.58 Å². The van der Waals surface area contributed by atoms with E-state index in [4.69, 9.17) is 20.8 Å². The first-order valence-electron chi connectivity index (χ1n) is 9.29. The molecule has 0 unspecified atom stereocenters. The molecule has 0 radical (unpaired) electrons. The minimum Gasteiger partial charge on any atom is -0.440 e. The molecule has 0 bridgehead atoms. The minimum atomic E-state index is -0.0382. The average Bonchev–Trinajstić information content (AvgIpc) is 2.74. The van der Waals surface area contributed by atoms with Crippen LogP contribution in [0.3, 0.4) is 0 Å². The van der Waals surface area contributed by atoms with Gasteiger partial charge in [-0.3, -0.25) is 4.79 Å². The number of ether oxygens (including phenoxy) is 1. The smallest absolute Gasteiger partial charge is 0.200 e. The molecule has 1 saturated heterocycles. The third-order valence-electron chi connectivity index (χ3n) is 5.18. The van der Waals surface area contributed by atoms with E-state index in [9.17, 15) is 4.79 Å². The highest BCUT2D eigenvalue weighted by Gasteiger charge is 2.19. The van der Waals surface area contributed by atoms with Crippen LogP contribution in [0.1, 0.15) is 0 Å². The number of fused-ring (bicyclic) bond motifs is 2. The topological polar surface area (TPSA) is 42.7 Å². The van der Waals surface area contributed by atoms with Crippen LogP contribution in [-0.2, 0) is 4.74 Å². The monoisotopic (exact) mass is 391 g/mol. The first kappa shape index (κ1) is 17.3. The third-order valence-corrected chi connectivity index (χ3v) is 5.44. The van der Waals surface area contributed by atoms with Gasteiger partial charge in [-0.15, -0.1) is 0 Å². The van der Waals surface area contributed by atoms with Crippen molar-refractivity contribution in [3.8, 4) is 11.1 Å². The van der Waals surface area contributed by atoms with Crippen LogP contribution < -0.4 is 10.3 Å². The van der Waals surface area contributed by atoms with E-state index in [1.54, 1.807) is 6.07 Å². The zero-order valence-electron chi connectivity index (χ0n) is 15.2. The summed E-state index contributed by atoms with van der Waals surface area (Å²) in [6.45, 7) is 2.67. The molecule has 0 saturated carbocycles. The van der Waals surface area contributed by atoms with Crippen LogP contribution in [0, 0.1) is 0 Å². The Labute approximate surface area is 166 Å². The SMILES string of the molecule is O=c1cc(N2CCOCC2)oc2c(-c3ccc(Cl)cc3)c3ccccc3cc12. The van der Waals surface area contributed by atoms with Gasteiger partial charge in [0, 0.05) is 29.7 Å². The molecule has 0 aliphatic carbocycles. The Morgan fingerprint density at radius 2 is 1.64 bits per heavy atom. The summed E-state index contributed by atoms with van der Waals surface area (Å²) in [4.78, 5) is 15.0. The summed E-state index contributed by atoms with van der Waals surface area (Å²) in [6.07, 6.45) is 0. The lowest BCUT2D eigenvalue weighted by Gasteiger charge is -2.27. The van der Waals surface area contributed by atoms with Crippen LogP contribution in [0.4, 0.5) is 5.88 Å². The molecular formula is C23H18ClNO3. The third kappa shape index (κ3) is 2.95. The number of nitrogens with zero attached hydrogens (tertiary/aromatic N) is 1. The number of benzene rings is 3. The maximum atomic E-state index is 13.0. The second kappa shape index (κ2) is 6.97. The van der Waals surface area contributed by atoms with Crippen LogP contribution in [0.15, 0.2) is 69.9 Å². The molecule has 0 atom stereocenters. The fourth-order valence-electron chi connectivity index (χ4n) is 3.78. The van der Waals surface area contributed by atoms with Crippen molar-refractivity contribution in [1.82, 2.24) is 0 Å². The number of anilines is 1. The van der Waals surface area contributed by atoms with Crippen molar-refractivity contribution in [3.05, 3.63) is 75.9 Å². The van der Waals surface area contributed by atoms with E-state index in [2.05, 4.69) is 11.0 Å². The molecule has 5 rings (SSSR count). The van der Waals surface area contributed by atoms with Gasteiger partial charge in [-0.25, -0.2) is 0 Å². The molecule has 28 heavy (non-hydrogen) atoms. The molecule has 0 amide bonds. The molecular weight excluding hydrogens is 374 g/mol. The van der Waals surface area contributed by atoms with E-state index in [0.717, 1.165) is 21.9 Å². The van der Waals surface area contributed by atoms with Crippen molar-refractivity contribution in [1.29, 1.82) is 0 Å². The van der Waals surface area contributed by atoms with Crippen LogP contribution in [0.2, 0.25) is 5.02 Å². The molecule has 3 aromatic carbocycles. The second-order valence-electron chi connectivity index (χ2n) is 6.90. The van der Waals surface area contributed by atoms with E-state index < -0.39 is 0 Å². The van der Waals surface area contributed by atoms with Gasteiger partial charge < -0.3 is 14.1 Å². The Kier molecular flexibility index (Phi) is 4.30. The molecule has 1 aliphatic heterocycles. The summed E-state index contributed by atoms with van der Waals surface area (Å²) < 4.78 is 11.8. The lowest BCUT2D eigenvalue weighted by atomic mass is 9.95. The number of hydrogen-bond acceptors (Lipinski definition) is 4. The van der Waals surface area contributed by atoms with Gasteiger partial charge in [-0.1, -0.05) is 48.0 Å². The predicted molar refractivity (Wildman–Crippen MR) is 113 cm³/mol. The van der Waals surface area contributed by atoms with E-state index in [1.807, 2.05) is 48.5 Å². The largest absolute Gasteiger partial charge is 0.440 e. The fourth-order valence-corrected chi connectivity index (χ4v) is 3.91. The van der Waals surface area contributed by atoms with Crippen LogP contribution >= 0.6 is 11.6 Å². The summed E-state index contributed by atoms with van der Waals surface area (Å²) in [5.41, 5.74) is 2.45. The molecule has 140 valence electrons. The zero-order valence-corrected chi connectivity index (χ0v) is 15.9. The van der Waals surface area contributed by atoms with Crippen molar-refractivity contribution in [2.75, 3.05) is 31.2 Å². The summed E-state index contributed by atoms with van der Waals surface area (Å²) in [5, 5.41) is 3.30. The highest BCUT2D eigenvalue weighted by atomic mass is 35.5. The maximum absolute atomic E-state index is 13.0. The Hall–Kier alpha value is -2.82. The van der Waals surface area contributed by atoms with Gasteiger partial charge in [0.2, 0.25) is 0 Å². The fraction of sp³-hybridized carbons (Fsp3) is 0.174. The van der Waals surface area contributed by atoms with E-state index in [1.165, 1.54) is 0 Å². The lowest BCUT2D eigenvalue weighted by molar-refractivity contribution is 0.121. The normalized spacial score (nSPS) is 14.7. The highest BCUT2D eigenvalue weighted by molar-refractivity contribution is 6.30. The molecule has 5 heteroatoms. The predicted octanol–water partition coefficient (Wildman–Crippen LogP) is 5.10. The van der Waals surface area contributed by atoms with Crippen LogP contribution in [0.25, 0.3) is 32.9 Å². The molecule has 1 fully saturated rings. The van der Waals surface area contributed by atoms with E-state index in [-0.39, 0.29) is 5.43 Å². The van der Waals surface area contributed by atoms with Gasteiger partial charge in [0.25, 0.3) is 0 Å². The molecule has 4 nitrogen and oxygen atoms in total. The molecule has 2 heterocycles. The summed E-state index contributed by atoms with van der Waals surface area (Å²) in [6, 6.07) is 19.2. The van der Waals surface area contributed by atoms with Crippen LogP contribution in [0.5, 0.6) is 0 Å². The van der Waals surface area contributed by atoms with Gasteiger partial charge in [0.05, 0.1) is 18.6 Å². The number of morpholine rings is 1. The zero-order chi connectivity index (χ0) is 19.1. The Balaban J connectivity index is 1.85. The van der Waals surface area contributed by atoms with E-state index >= 15 is 0 Å². The first-order chi connectivity index (χ1) is 13.7. The van der Waals surface area contributed by atoms with Gasteiger partial charge in [0.15, 0.2) is 11.3 Å². The first-order valence-corrected chi connectivity index (χ1v) is 9.67. The lowest BCUT2D eigenvalue weighted by Crippen LogP contribution is -2.36. The Morgan fingerprint density at radius 1 is 0.893 bits per heavy atom. The number of rotatable bonds is 2. The van der Waals surface area contributed by atoms with Crippen molar-refractivity contribution in [2.24, 2.45) is 0 Å². The molecule has 0 spiro atoms. The minimum absolute atomic E-state index is 0.0382. The average molecular weight is 392 g/mol. The maximum Gasteiger partial charge on any atom is 0.200 e. The quantitative estimate of drug-likeness (QED) is 0.446.